The van der Waals surface area contributed by atoms with E-state index in [4.69, 9.17) is 0 Å². The van der Waals surface area contributed by atoms with Crippen molar-refractivity contribution < 1.29 is 9.59 Å². The van der Waals surface area contributed by atoms with Gasteiger partial charge in [-0.05, 0) is 26.7 Å². The number of amides is 2. The molecule has 0 aliphatic carbocycles. The van der Waals surface area contributed by atoms with Gasteiger partial charge in [-0.25, -0.2) is 0 Å². The van der Waals surface area contributed by atoms with E-state index < -0.39 is 0 Å². The Morgan fingerprint density at radius 3 is 1.62 bits per heavy atom. The van der Waals surface area contributed by atoms with Crippen LogP contribution in [0.1, 0.15) is 26.7 Å². The SMILES string of the molecule is C/C=C/C=C/C(=O)N1CCC(N2CCN(C(=O)/C=C/C=C/C)CC2)CC1. The van der Waals surface area contributed by atoms with E-state index in [2.05, 4.69) is 4.90 Å². The molecule has 0 radical (unpaired) electrons. The molecule has 2 amide bonds. The molecule has 0 aromatic rings. The van der Waals surface area contributed by atoms with E-state index >= 15 is 0 Å². The largest absolute Gasteiger partial charge is 0.339 e. The van der Waals surface area contributed by atoms with Crippen molar-refractivity contribution in [3.63, 3.8) is 0 Å². The number of hydrogen-bond acceptors (Lipinski definition) is 3. The molecule has 2 heterocycles. The second-order valence-electron chi connectivity index (χ2n) is 6.69. The molecule has 2 fully saturated rings. The van der Waals surface area contributed by atoms with Crippen LogP contribution in [0, 0.1) is 0 Å². The molecule has 0 aromatic carbocycles. The Labute approximate surface area is 157 Å². The number of carbonyl (C=O) groups is 2. The Morgan fingerprint density at radius 2 is 1.15 bits per heavy atom. The van der Waals surface area contributed by atoms with E-state index in [1.807, 2.05) is 48.0 Å². The van der Waals surface area contributed by atoms with Crippen LogP contribution >= 0.6 is 0 Å². The smallest absolute Gasteiger partial charge is 0.246 e. The molecule has 142 valence electrons. The van der Waals surface area contributed by atoms with Crippen LogP contribution in [0.2, 0.25) is 0 Å². The molecular weight excluding hydrogens is 326 g/mol. The van der Waals surface area contributed by atoms with Gasteiger partial charge < -0.3 is 9.80 Å². The van der Waals surface area contributed by atoms with E-state index in [0.717, 1.165) is 52.1 Å². The van der Waals surface area contributed by atoms with Crippen LogP contribution in [-0.2, 0) is 9.59 Å². The summed E-state index contributed by atoms with van der Waals surface area (Å²) in [5.41, 5.74) is 0. The first-order valence-electron chi connectivity index (χ1n) is 9.56. The lowest BCUT2D eigenvalue weighted by Crippen LogP contribution is -2.54. The minimum absolute atomic E-state index is 0.0936. The minimum Gasteiger partial charge on any atom is -0.339 e. The predicted octanol–water partition coefficient (Wildman–Crippen LogP) is 2.39. The third kappa shape index (κ3) is 5.99. The van der Waals surface area contributed by atoms with Gasteiger partial charge in [0.1, 0.15) is 0 Å². The van der Waals surface area contributed by atoms with Gasteiger partial charge in [-0.15, -0.1) is 0 Å². The Bertz CT molecular complexity index is 524. The zero-order valence-corrected chi connectivity index (χ0v) is 16.0. The van der Waals surface area contributed by atoms with Gasteiger partial charge in [-0.1, -0.05) is 36.5 Å². The number of rotatable bonds is 5. The van der Waals surface area contributed by atoms with Crippen molar-refractivity contribution in [3.05, 3.63) is 48.6 Å². The zero-order chi connectivity index (χ0) is 18.8. The molecule has 2 aliphatic heterocycles. The molecule has 0 N–H and O–H groups in total. The number of piperazine rings is 1. The number of carbonyl (C=O) groups excluding carboxylic acids is 2. The second kappa shape index (κ2) is 10.8. The summed E-state index contributed by atoms with van der Waals surface area (Å²) in [6.07, 6.45) is 16.5. The second-order valence-corrected chi connectivity index (χ2v) is 6.69. The third-order valence-electron chi connectivity index (χ3n) is 5.00. The summed E-state index contributed by atoms with van der Waals surface area (Å²) in [6.45, 7) is 8.90. The topological polar surface area (TPSA) is 43.9 Å². The normalized spacial score (nSPS) is 21.0. The molecule has 0 atom stereocenters. The van der Waals surface area contributed by atoms with Crippen LogP contribution in [0.15, 0.2) is 48.6 Å². The quantitative estimate of drug-likeness (QED) is 0.560. The fraction of sp³-hybridized carbons (Fsp3) is 0.524. The molecule has 5 nitrogen and oxygen atoms in total. The first-order valence-corrected chi connectivity index (χ1v) is 9.56. The predicted molar refractivity (Wildman–Crippen MR) is 106 cm³/mol. The molecule has 0 unspecified atom stereocenters. The number of likely N-dealkylation sites (tertiary alicyclic amines) is 1. The van der Waals surface area contributed by atoms with E-state index in [1.165, 1.54) is 0 Å². The van der Waals surface area contributed by atoms with Gasteiger partial charge >= 0.3 is 0 Å². The van der Waals surface area contributed by atoms with Crippen molar-refractivity contribution >= 4 is 11.8 Å². The van der Waals surface area contributed by atoms with Gasteiger partial charge in [0.15, 0.2) is 0 Å². The average Bonchev–Trinajstić information content (AvgIpc) is 2.68. The van der Waals surface area contributed by atoms with Gasteiger partial charge in [0.05, 0.1) is 0 Å². The van der Waals surface area contributed by atoms with Gasteiger partial charge in [0.25, 0.3) is 0 Å². The summed E-state index contributed by atoms with van der Waals surface area (Å²) >= 11 is 0. The van der Waals surface area contributed by atoms with Crippen LogP contribution in [0.5, 0.6) is 0 Å². The molecule has 0 saturated carbocycles. The molecule has 5 heteroatoms. The fourth-order valence-electron chi connectivity index (χ4n) is 3.47. The van der Waals surface area contributed by atoms with Crippen molar-refractivity contribution in [3.8, 4) is 0 Å². The summed E-state index contributed by atoms with van der Waals surface area (Å²) in [6, 6.07) is 0.523. The van der Waals surface area contributed by atoms with Gasteiger partial charge in [0, 0.05) is 57.5 Å². The van der Waals surface area contributed by atoms with Crippen LogP contribution in [-0.4, -0.2) is 71.8 Å². The Morgan fingerprint density at radius 1 is 0.692 bits per heavy atom. The molecule has 2 rings (SSSR count). The summed E-state index contributed by atoms with van der Waals surface area (Å²) in [4.78, 5) is 30.6. The standard InChI is InChI=1S/C21H31N3O2/c1-3-5-7-9-20(25)23-13-11-19(12-14-23)22-15-17-24(18-16-22)21(26)10-8-6-4-2/h3-10,19H,11-18H2,1-2H3/b5-3+,6-4+,9-7+,10-8+. The molecule has 2 aliphatic rings. The molecule has 0 spiro atoms. The van der Waals surface area contributed by atoms with Crippen LogP contribution in [0.25, 0.3) is 0 Å². The molecule has 2 saturated heterocycles. The van der Waals surface area contributed by atoms with Crippen LogP contribution in [0.4, 0.5) is 0 Å². The average molecular weight is 357 g/mol. The molecule has 26 heavy (non-hydrogen) atoms. The summed E-state index contributed by atoms with van der Waals surface area (Å²) in [5.74, 6) is 0.195. The summed E-state index contributed by atoms with van der Waals surface area (Å²) in [7, 11) is 0. The van der Waals surface area contributed by atoms with Crippen molar-refractivity contribution in [2.45, 2.75) is 32.7 Å². The van der Waals surface area contributed by atoms with Gasteiger partial charge in [-0.2, -0.15) is 0 Å². The van der Waals surface area contributed by atoms with Crippen LogP contribution in [0.3, 0.4) is 0 Å². The lowest BCUT2D eigenvalue weighted by Gasteiger charge is -2.42. The highest BCUT2D eigenvalue weighted by molar-refractivity contribution is 5.88. The maximum absolute atomic E-state index is 12.1. The first-order chi connectivity index (χ1) is 12.7. The Balaban J connectivity index is 1.74. The molecular formula is C21H31N3O2. The third-order valence-corrected chi connectivity index (χ3v) is 5.00. The maximum atomic E-state index is 12.1. The lowest BCUT2D eigenvalue weighted by atomic mass is 10.0. The number of nitrogens with zero attached hydrogens (tertiary/aromatic N) is 3. The highest BCUT2D eigenvalue weighted by atomic mass is 16.2. The van der Waals surface area contributed by atoms with Crippen LogP contribution < -0.4 is 0 Å². The van der Waals surface area contributed by atoms with E-state index in [0.29, 0.717) is 6.04 Å². The van der Waals surface area contributed by atoms with E-state index in [1.54, 1.807) is 24.3 Å². The fourth-order valence-corrected chi connectivity index (χ4v) is 3.47. The van der Waals surface area contributed by atoms with E-state index in [-0.39, 0.29) is 11.8 Å². The van der Waals surface area contributed by atoms with Crippen molar-refractivity contribution in [1.82, 2.24) is 14.7 Å². The number of hydrogen-bond donors (Lipinski definition) is 0. The zero-order valence-electron chi connectivity index (χ0n) is 16.0. The summed E-state index contributed by atoms with van der Waals surface area (Å²) < 4.78 is 0. The Hall–Kier alpha value is -2.14. The van der Waals surface area contributed by atoms with Gasteiger partial charge in [0.2, 0.25) is 11.8 Å². The maximum Gasteiger partial charge on any atom is 0.246 e. The summed E-state index contributed by atoms with van der Waals surface area (Å²) in [5, 5.41) is 0. The van der Waals surface area contributed by atoms with E-state index in [9.17, 15) is 9.59 Å². The van der Waals surface area contributed by atoms with Crippen molar-refractivity contribution in [1.29, 1.82) is 0 Å². The number of allylic oxidation sites excluding steroid dienone is 6. The Kier molecular flexibility index (Phi) is 8.35. The lowest BCUT2D eigenvalue weighted by molar-refractivity contribution is -0.130. The molecule has 0 aromatic heterocycles. The monoisotopic (exact) mass is 357 g/mol. The van der Waals surface area contributed by atoms with Crippen molar-refractivity contribution in [2.75, 3.05) is 39.3 Å². The van der Waals surface area contributed by atoms with Gasteiger partial charge in [-0.3, -0.25) is 14.5 Å². The molecule has 0 bridgehead atoms. The van der Waals surface area contributed by atoms with Crippen molar-refractivity contribution in [2.24, 2.45) is 0 Å². The highest BCUT2D eigenvalue weighted by Gasteiger charge is 2.29. The minimum atomic E-state index is 0.0936. The first kappa shape index (κ1) is 20.2. The highest BCUT2D eigenvalue weighted by Crippen LogP contribution is 2.18. The number of piperidine rings is 1.